The molecule has 10 nitrogen and oxygen atoms in total. The van der Waals surface area contributed by atoms with Crippen molar-refractivity contribution >= 4 is 17.1 Å². The molecule has 7 rings (SSSR count). The molecule has 0 amide bonds. The minimum Gasteiger partial charge on any atom is -0.340 e. The fourth-order valence-electron chi connectivity index (χ4n) is 5.27. The first-order chi connectivity index (χ1) is 18.5. The molecule has 0 aliphatic carbocycles. The summed E-state index contributed by atoms with van der Waals surface area (Å²) in [6.07, 6.45) is 7.45. The molecule has 188 valence electrons. The number of hydrogen-bond acceptors (Lipinski definition) is 6. The zero-order valence-electron chi connectivity index (χ0n) is 20.0. The number of aromatic amines is 1. The lowest BCUT2D eigenvalue weighted by molar-refractivity contribution is 0.557. The van der Waals surface area contributed by atoms with E-state index < -0.39 is 5.82 Å². The van der Waals surface area contributed by atoms with E-state index in [9.17, 15) is 4.79 Å². The third-order valence-electron chi connectivity index (χ3n) is 7.07. The molecule has 6 heterocycles. The van der Waals surface area contributed by atoms with Crippen LogP contribution in [0, 0.1) is 5.82 Å². The van der Waals surface area contributed by atoms with Crippen molar-refractivity contribution in [3.63, 3.8) is 0 Å². The molecule has 1 aliphatic heterocycles. The molecule has 2 atom stereocenters. The second-order valence-corrected chi connectivity index (χ2v) is 9.74. The van der Waals surface area contributed by atoms with Crippen LogP contribution in [0.2, 0.25) is 5.02 Å². The number of benzene rings is 1. The second-order valence-electron chi connectivity index (χ2n) is 9.34. The van der Waals surface area contributed by atoms with Crippen LogP contribution >= 0.6 is 11.6 Å². The fourth-order valence-corrected chi connectivity index (χ4v) is 5.43. The quantitative estimate of drug-likeness (QED) is 0.363. The zero-order chi connectivity index (χ0) is 26.0. The summed E-state index contributed by atoms with van der Waals surface area (Å²) in [5.74, 6) is 0.0808. The van der Waals surface area contributed by atoms with Crippen LogP contribution < -0.4 is 5.56 Å². The number of halogens is 2. The Morgan fingerprint density at radius 3 is 2.87 bits per heavy atom. The summed E-state index contributed by atoms with van der Waals surface area (Å²) in [6, 6.07) is 12.0. The van der Waals surface area contributed by atoms with Gasteiger partial charge in [-0.1, -0.05) is 18.5 Å². The van der Waals surface area contributed by atoms with E-state index in [-0.39, 0.29) is 28.1 Å². The van der Waals surface area contributed by atoms with Gasteiger partial charge in [-0.2, -0.15) is 9.78 Å². The van der Waals surface area contributed by atoms with Gasteiger partial charge in [-0.05, 0) is 64.7 Å². The summed E-state index contributed by atoms with van der Waals surface area (Å²) in [6.45, 7) is 2.04. The number of nitrogens with zero attached hydrogens (tertiary/aromatic N) is 8. The molecular formula is C26H19ClFN9O. The van der Waals surface area contributed by atoms with Crippen molar-refractivity contribution in [1.29, 1.82) is 0 Å². The Balaban J connectivity index is 1.31. The third-order valence-corrected chi connectivity index (χ3v) is 7.36. The van der Waals surface area contributed by atoms with E-state index >= 15 is 4.39 Å². The van der Waals surface area contributed by atoms with Crippen molar-refractivity contribution in [3.05, 3.63) is 100 Å². The highest BCUT2D eigenvalue weighted by atomic mass is 35.5. The van der Waals surface area contributed by atoms with Crippen molar-refractivity contribution in [2.75, 3.05) is 0 Å². The van der Waals surface area contributed by atoms with Crippen LogP contribution in [0.3, 0.4) is 0 Å². The molecule has 0 saturated carbocycles. The van der Waals surface area contributed by atoms with Gasteiger partial charge in [-0.3, -0.25) is 4.79 Å². The Morgan fingerprint density at radius 2 is 2.03 bits per heavy atom. The van der Waals surface area contributed by atoms with Crippen LogP contribution in [0.5, 0.6) is 0 Å². The normalized spacial score (nSPS) is 16.8. The minimum atomic E-state index is -0.642. The first-order valence-corrected chi connectivity index (χ1v) is 12.3. The van der Waals surface area contributed by atoms with E-state index in [1.807, 2.05) is 37.4 Å². The first-order valence-electron chi connectivity index (χ1n) is 11.9. The summed E-state index contributed by atoms with van der Waals surface area (Å²) in [7, 11) is 0. The number of imidazole rings is 1. The van der Waals surface area contributed by atoms with Gasteiger partial charge in [0.25, 0.3) is 5.56 Å². The topological polar surface area (TPSA) is 112 Å². The predicted molar refractivity (Wildman–Crippen MR) is 138 cm³/mol. The van der Waals surface area contributed by atoms with Crippen LogP contribution in [0.15, 0.2) is 72.2 Å². The Kier molecular flexibility index (Phi) is 5.02. The Hall–Kier alpha value is -4.64. The zero-order valence-corrected chi connectivity index (χ0v) is 20.7. The van der Waals surface area contributed by atoms with Gasteiger partial charge in [0.1, 0.15) is 12.2 Å². The number of tetrazole rings is 1. The van der Waals surface area contributed by atoms with E-state index in [0.29, 0.717) is 23.5 Å². The number of H-pyrrole nitrogens is 1. The maximum absolute atomic E-state index is 15.4. The van der Waals surface area contributed by atoms with Gasteiger partial charge in [0, 0.05) is 35.3 Å². The number of pyridine rings is 2. The van der Waals surface area contributed by atoms with Crippen LogP contribution in [-0.4, -0.2) is 44.4 Å². The van der Waals surface area contributed by atoms with E-state index in [1.54, 1.807) is 27.5 Å². The summed E-state index contributed by atoms with van der Waals surface area (Å²) in [5.41, 5.74) is 4.28. The summed E-state index contributed by atoms with van der Waals surface area (Å²) >= 11 is 6.13. The molecule has 0 spiro atoms. The van der Waals surface area contributed by atoms with Gasteiger partial charge in [-0.25, -0.2) is 13.9 Å². The van der Waals surface area contributed by atoms with Crippen LogP contribution in [0.1, 0.15) is 36.8 Å². The molecule has 0 fully saturated rings. The molecule has 12 heteroatoms. The predicted octanol–water partition coefficient (Wildman–Crippen LogP) is 4.42. The molecule has 1 aliphatic rings. The van der Waals surface area contributed by atoms with Crippen LogP contribution in [0.25, 0.3) is 33.6 Å². The van der Waals surface area contributed by atoms with Crippen molar-refractivity contribution < 1.29 is 4.39 Å². The van der Waals surface area contributed by atoms with Gasteiger partial charge in [0.2, 0.25) is 0 Å². The molecule has 6 aromatic rings. The highest BCUT2D eigenvalue weighted by molar-refractivity contribution is 6.31. The van der Waals surface area contributed by atoms with Crippen molar-refractivity contribution in [1.82, 2.24) is 44.4 Å². The third kappa shape index (κ3) is 3.46. The molecule has 0 bridgehead atoms. The van der Waals surface area contributed by atoms with Crippen molar-refractivity contribution in [2.45, 2.75) is 25.3 Å². The lowest BCUT2D eigenvalue weighted by Crippen LogP contribution is -2.24. The Bertz CT molecular complexity index is 1890. The molecule has 1 N–H and O–H groups in total. The minimum absolute atomic E-state index is 0.0306. The SMILES string of the molecule is C[C@H]1C[C@@H](c2ncc(-c3ccn4nccc4c3)[nH]2)n2c1cc(-c1c(-n3cnnn3)ccc(Cl)c1F)cc2=O. The monoisotopic (exact) mass is 527 g/mol. The van der Waals surface area contributed by atoms with Crippen molar-refractivity contribution in [2.24, 2.45) is 0 Å². The molecule has 5 aromatic heterocycles. The lowest BCUT2D eigenvalue weighted by atomic mass is 9.99. The summed E-state index contributed by atoms with van der Waals surface area (Å²) in [5, 5.41) is 15.4. The van der Waals surface area contributed by atoms with Gasteiger partial charge in [0.05, 0.1) is 34.2 Å². The lowest BCUT2D eigenvalue weighted by Gasteiger charge is -2.16. The van der Waals surface area contributed by atoms with E-state index in [0.717, 1.165) is 22.5 Å². The maximum atomic E-state index is 15.4. The van der Waals surface area contributed by atoms with Gasteiger partial charge >= 0.3 is 0 Å². The second kappa shape index (κ2) is 8.45. The maximum Gasteiger partial charge on any atom is 0.252 e. The number of nitrogens with one attached hydrogen (secondary N) is 1. The van der Waals surface area contributed by atoms with Gasteiger partial charge in [-0.15, -0.1) is 5.10 Å². The van der Waals surface area contributed by atoms with Gasteiger partial charge in [0.15, 0.2) is 5.82 Å². The van der Waals surface area contributed by atoms with E-state index in [2.05, 4.69) is 30.6 Å². The largest absolute Gasteiger partial charge is 0.340 e. The summed E-state index contributed by atoms with van der Waals surface area (Å²) < 4.78 is 20.2. The van der Waals surface area contributed by atoms with Gasteiger partial charge < -0.3 is 9.55 Å². The van der Waals surface area contributed by atoms with E-state index in [4.69, 9.17) is 11.6 Å². The Morgan fingerprint density at radius 1 is 1.13 bits per heavy atom. The molecule has 1 aromatic carbocycles. The van der Waals surface area contributed by atoms with Crippen molar-refractivity contribution in [3.8, 4) is 28.1 Å². The number of rotatable bonds is 4. The molecular weight excluding hydrogens is 509 g/mol. The summed E-state index contributed by atoms with van der Waals surface area (Å²) in [4.78, 5) is 21.6. The number of aromatic nitrogens is 9. The smallest absolute Gasteiger partial charge is 0.252 e. The number of hydrogen-bond donors (Lipinski definition) is 1. The molecule has 0 saturated heterocycles. The van der Waals surface area contributed by atoms with Crippen LogP contribution in [-0.2, 0) is 0 Å². The highest BCUT2D eigenvalue weighted by Gasteiger charge is 2.33. The standard InChI is InChI=1S/C26H19ClFN9O/c1-14-8-22(26-29-12-19(32-26)15-5-7-35-17(9-15)4-6-31-35)37-21(14)10-16(11-23(37)38)24-20(36-13-30-33-34-36)3-2-18(27)25(24)28/h2-7,9-14,22H,8H2,1H3,(H,29,32)/t14-,22-/m0/s1. The molecule has 38 heavy (non-hydrogen) atoms. The molecule has 0 radical (unpaired) electrons. The molecule has 0 unspecified atom stereocenters. The fraction of sp³-hybridized carbons (Fsp3) is 0.154. The first kappa shape index (κ1) is 22.5. The van der Waals surface area contributed by atoms with Crippen LogP contribution in [0.4, 0.5) is 4.39 Å². The van der Waals surface area contributed by atoms with E-state index in [1.165, 1.54) is 23.1 Å². The number of fused-ring (bicyclic) bond motifs is 2. The Labute approximate surface area is 219 Å². The average Bonchev–Trinajstić information content (AvgIpc) is 3.72. The highest BCUT2D eigenvalue weighted by Crippen LogP contribution is 2.41. The average molecular weight is 528 g/mol.